The van der Waals surface area contributed by atoms with E-state index in [1.807, 2.05) is 19.2 Å². The van der Waals surface area contributed by atoms with Crippen LogP contribution >= 0.6 is 0 Å². The minimum absolute atomic E-state index is 0.109. The van der Waals surface area contributed by atoms with Crippen molar-refractivity contribution >= 4 is 5.82 Å². The second-order valence-corrected chi connectivity index (χ2v) is 8.78. The van der Waals surface area contributed by atoms with Gasteiger partial charge in [0.15, 0.2) is 0 Å². The number of rotatable bonds is 5. The summed E-state index contributed by atoms with van der Waals surface area (Å²) in [7, 11) is 0. The third-order valence-electron chi connectivity index (χ3n) is 6.41. The third kappa shape index (κ3) is 5.04. The highest BCUT2D eigenvalue weighted by Crippen LogP contribution is 2.25. The highest BCUT2D eigenvalue weighted by Gasteiger charge is 2.24. The molecule has 2 saturated heterocycles. The first-order valence-corrected chi connectivity index (χ1v) is 11.1. The van der Waals surface area contributed by atoms with Gasteiger partial charge in [-0.25, -0.2) is 9.97 Å². The molecular formula is C23H33N5O. The van der Waals surface area contributed by atoms with Crippen molar-refractivity contribution < 1.29 is 0 Å². The van der Waals surface area contributed by atoms with Gasteiger partial charge in [-0.15, -0.1) is 0 Å². The molecule has 4 heterocycles. The van der Waals surface area contributed by atoms with E-state index in [1.165, 1.54) is 45.3 Å². The van der Waals surface area contributed by atoms with E-state index in [1.54, 1.807) is 6.07 Å². The first-order valence-electron chi connectivity index (χ1n) is 11.1. The Kier molecular flexibility index (Phi) is 6.28. The van der Waals surface area contributed by atoms with Gasteiger partial charge in [0.25, 0.3) is 5.56 Å². The quantitative estimate of drug-likeness (QED) is 0.841. The molecule has 1 N–H and O–H groups in total. The second-order valence-electron chi connectivity index (χ2n) is 8.78. The van der Waals surface area contributed by atoms with Crippen molar-refractivity contribution in [2.24, 2.45) is 11.8 Å². The number of pyridine rings is 1. The lowest BCUT2D eigenvalue weighted by Gasteiger charge is -2.38. The maximum absolute atomic E-state index is 11.8. The van der Waals surface area contributed by atoms with E-state index in [4.69, 9.17) is 4.98 Å². The Balaban J connectivity index is 1.41. The van der Waals surface area contributed by atoms with E-state index in [0.29, 0.717) is 5.82 Å². The van der Waals surface area contributed by atoms with Gasteiger partial charge in [0, 0.05) is 43.2 Å². The largest absolute Gasteiger partial charge is 0.356 e. The molecule has 4 rings (SSSR count). The van der Waals surface area contributed by atoms with Gasteiger partial charge in [-0.3, -0.25) is 4.79 Å². The summed E-state index contributed by atoms with van der Waals surface area (Å²) in [5.41, 5.74) is 1.55. The number of aromatic amines is 1. The summed E-state index contributed by atoms with van der Waals surface area (Å²) in [4.78, 5) is 29.0. The average molecular weight is 396 g/mol. The van der Waals surface area contributed by atoms with Crippen LogP contribution in [-0.2, 0) is 6.42 Å². The van der Waals surface area contributed by atoms with Crippen LogP contribution in [0.25, 0.3) is 11.4 Å². The molecule has 29 heavy (non-hydrogen) atoms. The van der Waals surface area contributed by atoms with Crippen molar-refractivity contribution in [3.05, 3.63) is 40.4 Å². The SMILES string of the molecule is CCc1cc(=O)[nH]c(-c2ccc(N3CCCC(CN4CCC(C)CC4)C3)nc2)n1. The average Bonchev–Trinajstić information content (AvgIpc) is 2.75. The van der Waals surface area contributed by atoms with E-state index in [2.05, 4.69) is 32.8 Å². The molecule has 1 atom stereocenters. The summed E-state index contributed by atoms with van der Waals surface area (Å²) in [5, 5.41) is 0. The van der Waals surface area contributed by atoms with E-state index in [0.717, 1.165) is 48.4 Å². The summed E-state index contributed by atoms with van der Waals surface area (Å²) in [6.45, 7) is 10.3. The summed E-state index contributed by atoms with van der Waals surface area (Å²) < 4.78 is 0. The highest BCUT2D eigenvalue weighted by atomic mass is 16.1. The lowest BCUT2D eigenvalue weighted by molar-refractivity contribution is 0.159. The molecule has 6 nitrogen and oxygen atoms in total. The number of hydrogen-bond donors (Lipinski definition) is 1. The maximum atomic E-state index is 11.8. The molecule has 0 aromatic carbocycles. The fraction of sp³-hybridized carbons (Fsp3) is 0.609. The van der Waals surface area contributed by atoms with Crippen LogP contribution in [0.1, 0.15) is 45.2 Å². The molecule has 2 aromatic heterocycles. The lowest BCUT2D eigenvalue weighted by atomic mass is 9.94. The molecule has 1 unspecified atom stereocenters. The van der Waals surface area contributed by atoms with E-state index in [9.17, 15) is 4.79 Å². The zero-order valence-corrected chi connectivity index (χ0v) is 17.7. The molecule has 0 aliphatic carbocycles. The van der Waals surface area contributed by atoms with Crippen molar-refractivity contribution in [3.63, 3.8) is 0 Å². The summed E-state index contributed by atoms with van der Waals surface area (Å²) in [6.07, 6.45) is 7.81. The molecule has 156 valence electrons. The fourth-order valence-electron chi connectivity index (χ4n) is 4.57. The summed E-state index contributed by atoms with van der Waals surface area (Å²) in [6, 6.07) is 5.65. The zero-order valence-electron chi connectivity index (χ0n) is 17.7. The number of likely N-dealkylation sites (tertiary alicyclic amines) is 1. The number of nitrogens with zero attached hydrogens (tertiary/aromatic N) is 4. The highest BCUT2D eigenvalue weighted by molar-refractivity contribution is 5.56. The predicted molar refractivity (Wildman–Crippen MR) is 117 cm³/mol. The van der Waals surface area contributed by atoms with Crippen molar-refractivity contribution in [1.82, 2.24) is 19.9 Å². The Morgan fingerprint density at radius 1 is 1.17 bits per heavy atom. The number of hydrogen-bond acceptors (Lipinski definition) is 5. The van der Waals surface area contributed by atoms with Crippen molar-refractivity contribution in [1.29, 1.82) is 0 Å². The van der Waals surface area contributed by atoms with Crippen LogP contribution < -0.4 is 10.5 Å². The second kappa shape index (κ2) is 9.08. The Labute approximate surface area is 173 Å². The molecular weight excluding hydrogens is 362 g/mol. The molecule has 0 saturated carbocycles. The number of aromatic nitrogens is 3. The zero-order chi connectivity index (χ0) is 20.2. The number of piperidine rings is 2. The Hall–Kier alpha value is -2.21. The van der Waals surface area contributed by atoms with Crippen LogP contribution in [-0.4, -0.2) is 52.6 Å². The molecule has 6 heteroatoms. The predicted octanol–water partition coefficient (Wildman–Crippen LogP) is 3.34. The number of aryl methyl sites for hydroxylation is 1. The van der Waals surface area contributed by atoms with Gasteiger partial charge in [-0.05, 0) is 69.2 Å². The van der Waals surface area contributed by atoms with Crippen LogP contribution in [0.4, 0.5) is 5.82 Å². The lowest BCUT2D eigenvalue weighted by Crippen LogP contribution is -2.43. The van der Waals surface area contributed by atoms with Crippen LogP contribution in [0.5, 0.6) is 0 Å². The summed E-state index contributed by atoms with van der Waals surface area (Å²) in [5.74, 6) is 3.24. The third-order valence-corrected chi connectivity index (χ3v) is 6.41. The number of anilines is 1. The van der Waals surface area contributed by atoms with Crippen LogP contribution in [0.3, 0.4) is 0 Å². The molecule has 2 fully saturated rings. The molecule has 0 radical (unpaired) electrons. The molecule has 2 aliphatic heterocycles. The van der Waals surface area contributed by atoms with Crippen molar-refractivity contribution in [3.8, 4) is 11.4 Å². The first-order chi connectivity index (χ1) is 14.1. The van der Waals surface area contributed by atoms with Gasteiger partial charge in [-0.1, -0.05) is 13.8 Å². The van der Waals surface area contributed by atoms with Gasteiger partial charge in [0.1, 0.15) is 11.6 Å². The van der Waals surface area contributed by atoms with Gasteiger partial charge < -0.3 is 14.8 Å². The van der Waals surface area contributed by atoms with Gasteiger partial charge in [0.05, 0.1) is 0 Å². The maximum Gasteiger partial charge on any atom is 0.251 e. The van der Waals surface area contributed by atoms with E-state index < -0.39 is 0 Å². The van der Waals surface area contributed by atoms with E-state index in [-0.39, 0.29) is 5.56 Å². The standard InChI is InChI=1S/C23H33N5O/c1-3-20-13-22(29)26-23(25-20)19-6-7-21(24-14-19)28-10-4-5-18(16-28)15-27-11-8-17(2)9-12-27/h6-7,13-14,17-18H,3-5,8-12,15-16H2,1-2H3,(H,25,26,29). The first kappa shape index (κ1) is 20.1. The number of nitrogens with one attached hydrogen (secondary N) is 1. The minimum atomic E-state index is -0.109. The fourth-order valence-corrected chi connectivity index (χ4v) is 4.57. The van der Waals surface area contributed by atoms with Crippen molar-refractivity contribution in [2.45, 2.75) is 46.0 Å². The minimum Gasteiger partial charge on any atom is -0.356 e. The van der Waals surface area contributed by atoms with E-state index >= 15 is 0 Å². The van der Waals surface area contributed by atoms with Crippen molar-refractivity contribution in [2.75, 3.05) is 37.6 Å². The van der Waals surface area contributed by atoms with Crippen LogP contribution in [0, 0.1) is 11.8 Å². The topological polar surface area (TPSA) is 65.1 Å². The Bertz CT molecular complexity index is 854. The molecule has 0 amide bonds. The van der Waals surface area contributed by atoms with Gasteiger partial charge >= 0.3 is 0 Å². The normalized spacial score (nSPS) is 21.4. The van der Waals surface area contributed by atoms with Crippen LogP contribution in [0.2, 0.25) is 0 Å². The monoisotopic (exact) mass is 395 g/mol. The number of H-pyrrole nitrogens is 1. The Morgan fingerprint density at radius 2 is 2.00 bits per heavy atom. The van der Waals surface area contributed by atoms with Crippen LogP contribution in [0.15, 0.2) is 29.2 Å². The Morgan fingerprint density at radius 3 is 2.72 bits per heavy atom. The van der Waals surface area contributed by atoms with Gasteiger partial charge in [-0.2, -0.15) is 0 Å². The molecule has 0 spiro atoms. The smallest absolute Gasteiger partial charge is 0.251 e. The summed E-state index contributed by atoms with van der Waals surface area (Å²) >= 11 is 0. The van der Waals surface area contributed by atoms with Gasteiger partial charge in [0.2, 0.25) is 0 Å². The molecule has 2 aromatic rings. The molecule has 0 bridgehead atoms. The molecule has 2 aliphatic rings.